The molecule has 91 heavy (non-hydrogen) atoms. The van der Waals surface area contributed by atoms with Crippen LogP contribution in [0.3, 0.4) is 0 Å². The minimum Gasteiger partial charge on any atom is -0.462 e. The van der Waals surface area contributed by atoms with E-state index in [0.717, 1.165) is 114 Å². The van der Waals surface area contributed by atoms with E-state index in [1.54, 1.807) is 0 Å². The number of phosphoric ester groups is 2. The molecule has 0 rings (SSSR count). The molecule has 0 aliphatic carbocycles. The fourth-order valence-electron chi connectivity index (χ4n) is 10.9. The molecule has 5 atom stereocenters. The maximum absolute atomic E-state index is 13.0. The molecule has 0 fully saturated rings. The highest BCUT2D eigenvalue weighted by molar-refractivity contribution is 7.47. The van der Waals surface area contributed by atoms with Crippen molar-refractivity contribution in [1.29, 1.82) is 0 Å². The lowest BCUT2D eigenvalue weighted by molar-refractivity contribution is -0.161. The van der Waals surface area contributed by atoms with Crippen molar-refractivity contribution in [1.82, 2.24) is 0 Å². The lowest BCUT2D eigenvalue weighted by atomic mass is 10.0. The van der Waals surface area contributed by atoms with Crippen LogP contribution in [0.1, 0.15) is 363 Å². The number of carbonyl (C=O) groups excluding carboxylic acids is 4. The van der Waals surface area contributed by atoms with E-state index in [0.29, 0.717) is 25.7 Å². The first-order valence-corrected chi connectivity index (χ1v) is 40.3. The standard InChI is InChI=1S/C72H140O17P2/c1-8-9-10-11-12-32-39-46-53-69(74)82-59-67(88-72(77)56-49-42-35-28-22-21-25-31-38-45-52-65(6)7)61-86-90(78,79)84-57-66(73)58-85-91(80,81)87-62-68(60-83-70(75)54-47-40-33-26-20-16-18-24-30-37-44-51-64(4)5)89-71(76)55-48-41-34-27-19-15-13-14-17-23-29-36-43-50-63(2)3/h63-68,73H,8-62H2,1-7H3,(H,78,79)(H,80,81)/t66-,67+,68+/m0/s1. The van der Waals surface area contributed by atoms with Crippen LogP contribution in [-0.4, -0.2) is 96.7 Å². The van der Waals surface area contributed by atoms with Gasteiger partial charge in [-0.2, -0.15) is 0 Å². The third kappa shape index (κ3) is 66.5. The number of carbonyl (C=O) groups is 4. The van der Waals surface area contributed by atoms with E-state index in [4.69, 9.17) is 37.0 Å². The van der Waals surface area contributed by atoms with Gasteiger partial charge in [-0.3, -0.25) is 37.3 Å². The van der Waals surface area contributed by atoms with E-state index < -0.39 is 97.5 Å². The first kappa shape index (κ1) is 89.1. The SMILES string of the molecule is CCCCCCCCCCC(=O)OC[C@H](COP(=O)(O)OC[C@H](O)COP(=O)(O)OC[C@@H](COC(=O)CCCCCCCCCCCCCC(C)C)OC(=O)CCCCCCCCCCCCCCCC(C)C)OC(=O)CCCCCCCCCCCCC(C)C. The second kappa shape index (κ2) is 62.8. The fourth-order valence-corrected chi connectivity index (χ4v) is 12.5. The topological polar surface area (TPSA) is 237 Å². The van der Waals surface area contributed by atoms with Crippen molar-refractivity contribution in [2.75, 3.05) is 39.6 Å². The predicted octanol–water partition coefficient (Wildman–Crippen LogP) is 20.6. The van der Waals surface area contributed by atoms with E-state index >= 15 is 0 Å². The van der Waals surface area contributed by atoms with Gasteiger partial charge in [0.05, 0.1) is 26.4 Å². The fraction of sp³-hybridized carbons (Fsp3) is 0.944. The quantitative estimate of drug-likeness (QED) is 0.0222. The van der Waals surface area contributed by atoms with Gasteiger partial charge in [0.25, 0.3) is 0 Å². The average Bonchev–Trinajstić information content (AvgIpc) is 3.70. The maximum Gasteiger partial charge on any atom is 0.472 e. The van der Waals surface area contributed by atoms with Gasteiger partial charge in [0.15, 0.2) is 12.2 Å². The molecule has 0 radical (unpaired) electrons. The highest BCUT2D eigenvalue weighted by Gasteiger charge is 2.30. The number of esters is 4. The van der Waals surface area contributed by atoms with E-state index in [9.17, 15) is 43.2 Å². The zero-order valence-electron chi connectivity index (χ0n) is 59.3. The second-order valence-electron chi connectivity index (χ2n) is 27.4. The first-order valence-electron chi connectivity index (χ1n) is 37.3. The Kier molecular flexibility index (Phi) is 61.5. The van der Waals surface area contributed by atoms with Crippen LogP contribution in [0, 0.1) is 17.8 Å². The third-order valence-electron chi connectivity index (χ3n) is 16.6. The van der Waals surface area contributed by atoms with Gasteiger partial charge in [-0.05, 0) is 43.4 Å². The lowest BCUT2D eigenvalue weighted by Crippen LogP contribution is -2.30. The minimum atomic E-state index is -4.95. The molecule has 540 valence electrons. The summed E-state index contributed by atoms with van der Waals surface area (Å²) in [7, 11) is -9.90. The summed E-state index contributed by atoms with van der Waals surface area (Å²) < 4.78 is 68.3. The number of phosphoric acid groups is 2. The predicted molar refractivity (Wildman–Crippen MR) is 368 cm³/mol. The van der Waals surface area contributed by atoms with Gasteiger partial charge in [0, 0.05) is 25.7 Å². The van der Waals surface area contributed by atoms with Crippen molar-refractivity contribution < 1.29 is 80.2 Å². The number of rotatable bonds is 70. The van der Waals surface area contributed by atoms with Gasteiger partial charge < -0.3 is 33.8 Å². The number of aliphatic hydroxyl groups is 1. The largest absolute Gasteiger partial charge is 0.472 e. The molecule has 0 amide bonds. The van der Waals surface area contributed by atoms with Crippen molar-refractivity contribution in [2.24, 2.45) is 17.8 Å². The Bertz CT molecular complexity index is 1780. The Labute approximate surface area is 556 Å². The Morgan fingerprint density at radius 2 is 0.505 bits per heavy atom. The summed E-state index contributed by atoms with van der Waals surface area (Å²) in [6.07, 6.45) is 47.2. The summed E-state index contributed by atoms with van der Waals surface area (Å²) >= 11 is 0. The molecule has 0 heterocycles. The van der Waals surface area contributed by atoms with Crippen LogP contribution in [0.15, 0.2) is 0 Å². The maximum atomic E-state index is 13.0. The molecule has 0 aromatic rings. The van der Waals surface area contributed by atoms with E-state index in [-0.39, 0.29) is 25.7 Å². The van der Waals surface area contributed by atoms with Crippen LogP contribution in [-0.2, 0) is 65.4 Å². The summed E-state index contributed by atoms with van der Waals surface area (Å²) in [6, 6.07) is 0. The monoisotopic (exact) mass is 1340 g/mol. The highest BCUT2D eigenvalue weighted by Crippen LogP contribution is 2.45. The van der Waals surface area contributed by atoms with Gasteiger partial charge in [0.2, 0.25) is 0 Å². The molecule has 0 aromatic heterocycles. The lowest BCUT2D eigenvalue weighted by Gasteiger charge is -2.21. The molecule has 0 spiro atoms. The zero-order valence-corrected chi connectivity index (χ0v) is 61.1. The number of unbranched alkanes of at least 4 members (excludes halogenated alkanes) is 38. The van der Waals surface area contributed by atoms with Gasteiger partial charge in [-0.15, -0.1) is 0 Å². The van der Waals surface area contributed by atoms with Crippen LogP contribution >= 0.6 is 15.6 Å². The smallest absolute Gasteiger partial charge is 0.462 e. The Morgan fingerprint density at radius 3 is 0.747 bits per heavy atom. The third-order valence-corrected chi connectivity index (χ3v) is 18.5. The van der Waals surface area contributed by atoms with Crippen LogP contribution < -0.4 is 0 Å². The van der Waals surface area contributed by atoms with Gasteiger partial charge >= 0.3 is 39.5 Å². The molecule has 17 nitrogen and oxygen atoms in total. The number of aliphatic hydroxyl groups excluding tert-OH is 1. The molecular weight excluding hydrogens is 1200 g/mol. The van der Waals surface area contributed by atoms with E-state index in [1.807, 2.05) is 0 Å². The number of hydrogen-bond donors (Lipinski definition) is 3. The molecule has 0 aliphatic heterocycles. The molecule has 2 unspecified atom stereocenters. The summed E-state index contributed by atoms with van der Waals surface area (Å²) in [6.45, 7) is 11.9. The molecule has 19 heteroatoms. The van der Waals surface area contributed by atoms with Crippen LogP contribution in [0.4, 0.5) is 0 Å². The van der Waals surface area contributed by atoms with Gasteiger partial charge in [-0.1, -0.05) is 312 Å². The summed E-state index contributed by atoms with van der Waals surface area (Å²) in [5, 5.41) is 10.6. The summed E-state index contributed by atoms with van der Waals surface area (Å²) in [5.41, 5.74) is 0. The molecule has 0 aromatic carbocycles. The van der Waals surface area contributed by atoms with Crippen LogP contribution in [0.5, 0.6) is 0 Å². The van der Waals surface area contributed by atoms with Crippen LogP contribution in [0.2, 0.25) is 0 Å². The van der Waals surface area contributed by atoms with Crippen molar-refractivity contribution in [2.45, 2.75) is 381 Å². The molecule has 0 aliphatic rings. The molecule has 0 saturated heterocycles. The van der Waals surface area contributed by atoms with Crippen molar-refractivity contribution in [3.05, 3.63) is 0 Å². The Morgan fingerprint density at radius 1 is 0.297 bits per heavy atom. The zero-order chi connectivity index (χ0) is 67.3. The van der Waals surface area contributed by atoms with Gasteiger partial charge in [-0.25, -0.2) is 9.13 Å². The highest BCUT2D eigenvalue weighted by atomic mass is 31.2. The van der Waals surface area contributed by atoms with Crippen molar-refractivity contribution in [3.63, 3.8) is 0 Å². The molecule has 0 saturated carbocycles. The minimum absolute atomic E-state index is 0.105. The van der Waals surface area contributed by atoms with Crippen molar-refractivity contribution in [3.8, 4) is 0 Å². The van der Waals surface area contributed by atoms with Gasteiger partial charge in [0.1, 0.15) is 19.3 Å². The van der Waals surface area contributed by atoms with E-state index in [2.05, 4.69) is 48.5 Å². The molecular formula is C72H140O17P2. The summed E-state index contributed by atoms with van der Waals surface area (Å²) in [5.74, 6) is 0.185. The Balaban J connectivity index is 5.23. The van der Waals surface area contributed by atoms with Crippen molar-refractivity contribution >= 4 is 39.5 Å². The first-order chi connectivity index (χ1) is 43.7. The number of hydrogen-bond acceptors (Lipinski definition) is 15. The molecule has 0 bridgehead atoms. The normalized spacial score (nSPS) is 14.2. The molecule has 3 N–H and O–H groups in total. The Hall–Kier alpha value is -1.94. The average molecular weight is 1340 g/mol. The number of ether oxygens (including phenoxy) is 4. The van der Waals surface area contributed by atoms with Crippen LogP contribution in [0.25, 0.3) is 0 Å². The summed E-state index contributed by atoms with van der Waals surface area (Å²) in [4.78, 5) is 72.6. The van der Waals surface area contributed by atoms with E-state index in [1.165, 1.54) is 167 Å². The second-order valence-corrected chi connectivity index (χ2v) is 30.3.